The fourth-order valence-corrected chi connectivity index (χ4v) is 2.09. The molecule has 0 spiro atoms. The summed E-state index contributed by atoms with van der Waals surface area (Å²) in [4.78, 5) is 0. The summed E-state index contributed by atoms with van der Waals surface area (Å²) in [6.45, 7) is 2.32. The van der Waals surface area contributed by atoms with Crippen molar-refractivity contribution in [2.75, 3.05) is 7.05 Å². The van der Waals surface area contributed by atoms with Gasteiger partial charge in [-0.2, -0.15) is 0 Å². The van der Waals surface area contributed by atoms with Crippen molar-refractivity contribution < 1.29 is 0 Å². The molecule has 0 aromatic heterocycles. The summed E-state index contributed by atoms with van der Waals surface area (Å²) >= 11 is 0. The number of nitrogens with one attached hydrogen (secondary N) is 1. The van der Waals surface area contributed by atoms with Crippen molar-refractivity contribution in [3.8, 4) is 0 Å². The minimum absolute atomic E-state index is 0.404. The van der Waals surface area contributed by atoms with Crippen LogP contribution in [-0.4, -0.2) is 12.6 Å². The minimum Gasteiger partial charge on any atom is -0.314 e. The van der Waals surface area contributed by atoms with Crippen LogP contribution in [0.5, 0.6) is 0 Å². The molecule has 1 unspecified atom stereocenters. The first-order chi connectivity index (χ1) is 6.28. The molecule has 1 heteroatoms. The summed E-state index contributed by atoms with van der Waals surface area (Å²) in [7, 11) is 2.08. The molecule has 2 rings (SSSR count). The predicted molar refractivity (Wildman–Crippen MR) is 55.9 cm³/mol. The van der Waals surface area contributed by atoms with E-state index in [4.69, 9.17) is 0 Å². The summed E-state index contributed by atoms with van der Waals surface area (Å²) < 4.78 is 0. The molecule has 0 aliphatic heterocycles. The maximum atomic E-state index is 3.45. The van der Waals surface area contributed by atoms with Crippen LogP contribution >= 0.6 is 0 Å². The van der Waals surface area contributed by atoms with E-state index in [1.54, 1.807) is 0 Å². The zero-order chi connectivity index (χ0) is 9.31. The molecular weight excluding hydrogens is 158 g/mol. The summed E-state index contributed by atoms with van der Waals surface area (Å²) in [5, 5.41) is 3.45. The van der Waals surface area contributed by atoms with Crippen LogP contribution in [-0.2, 0) is 0 Å². The maximum absolute atomic E-state index is 3.45. The van der Waals surface area contributed by atoms with Crippen molar-refractivity contribution in [3.05, 3.63) is 35.9 Å². The topological polar surface area (TPSA) is 12.0 Å². The number of benzene rings is 1. The molecule has 70 valence electrons. The van der Waals surface area contributed by atoms with Crippen molar-refractivity contribution in [2.45, 2.75) is 31.2 Å². The highest BCUT2D eigenvalue weighted by Gasteiger charge is 2.46. The van der Waals surface area contributed by atoms with Gasteiger partial charge in [0.2, 0.25) is 0 Å². The Kier molecular flexibility index (Phi) is 2.12. The number of rotatable bonds is 3. The monoisotopic (exact) mass is 175 g/mol. The average Bonchev–Trinajstić information content (AvgIpc) is 2.99. The number of hydrogen-bond acceptors (Lipinski definition) is 1. The van der Waals surface area contributed by atoms with Gasteiger partial charge in [-0.15, -0.1) is 0 Å². The van der Waals surface area contributed by atoms with E-state index < -0.39 is 0 Å². The first-order valence-electron chi connectivity index (χ1n) is 5.02. The Balaban J connectivity index is 2.18. The molecule has 0 amide bonds. The fourth-order valence-electron chi connectivity index (χ4n) is 2.09. The van der Waals surface area contributed by atoms with E-state index in [1.165, 1.54) is 18.4 Å². The second kappa shape index (κ2) is 3.15. The Bertz CT molecular complexity index is 274. The molecule has 0 saturated heterocycles. The van der Waals surface area contributed by atoms with Gasteiger partial charge in [-0.05, 0) is 31.4 Å². The van der Waals surface area contributed by atoms with Crippen LogP contribution in [0, 0.1) is 0 Å². The lowest BCUT2D eigenvalue weighted by atomic mass is 9.91. The first-order valence-corrected chi connectivity index (χ1v) is 5.02. The molecule has 1 aliphatic rings. The second-order valence-corrected chi connectivity index (χ2v) is 4.04. The van der Waals surface area contributed by atoms with Gasteiger partial charge < -0.3 is 5.32 Å². The Morgan fingerprint density at radius 3 is 2.31 bits per heavy atom. The second-order valence-electron chi connectivity index (χ2n) is 4.04. The van der Waals surface area contributed by atoms with Crippen LogP contribution in [0.1, 0.15) is 31.2 Å². The lowest BCUT2D eigenvalue weighted by Crippen LogP contribution is -2.32. The standard InChI is InChI=1S/C12H17N/c1-10(12(13-2)8-9-12)11-6-4-3-5-7-11/h3-7,10,13H,8-9H2,1-2H3. The van der Waals surface area contributed by atoms with Crippen molar-refractivity contribution in [1.82, 2.24) is 5.32 Å². The zero-order valence-electron chi connectivity index (χ0n) is 8.38. The van der Waals surface area contributed by atoms with Crippen LogP contribution in [0.15, 0.2) is 30.3 Å². The van der Waals surface area contributed by atoms with E-state index in [9.17, 15) is 0 Å². The Morgan fingerprint density at radius 2 is 1.85 bits per heavy atom. The third-order valence-corrected chi connectivity index (χ3v) is 3.42. The van der Waals surface area contributed by atoms with Gasteiger partial charge in [0.05, 0.1) is 0 Å². The molecule has 1 aliphatic carbocycles. The molecule has 1 aromatic carbocycles. The average molecular weight is 175 g/mol. The van der Waals surface area contributed by atoms with Gasteiger partial charge >= 0.3 is 0 Å². The van der Waals surface area contributed by atoms with Crippen LogP contribution in [0.4, 0.5) is 0 Å². The van der Waals surface area contributed by atoms with Crippen molar-refractivity contribution in [2.24, 2.45) is 0 Å². The predicted octanol–water partition coefficient (Wildman–Crippen LogP) is 2.54. The number of hydrogen-bond donors (Lipinski definition) is 1. The highest BCUT2D eigenvalue weighted by atomic mass is 15.0. The highest BCUT2D eigenvalue weighted by Crippen LogP contribution is 2.46. The van der Waals surface area contributed by atoms with Crippen LogP contribution < -0.4 is 5.32 Å². The van der Waals surface area contributed by atoms with Gasteiger partial charge in [0.25, 0.3) is 0 Å². The molecule has 1 saturated carbocycles. The third-order valence-electron chi connectivity index (χ3n) is 3.42. The summed E-state index contributed by atoms with van der Waals surface area (Å²) in [6.07, 6.45) is 2.64. The normalized spacial score (nSPS) is 21.1. The van der Waals surface area contributed by atoms with Crippen molar-refractivity contribution >= 4 is 0 Å². The summed E-state index contributed by atoms with van der Waals surface area (Å²) in [6, 6.07) is 10.8. The number of likely N-dealkylation sites (N-methyl/N-ethyl adjacent to an activating group) is 1. The van der Waals surface area contributed by atoms with E-state index in [0.29, 0.717) is 11.5 Å². The van der Waals surface area contributed by atoms with E-state index >= 15 is 0 Å². The van der Waals surface area contributed by atoms with E-state index in [-0.39, 0.29) is 0 Å². The zero-order valence-corrected chi connectivity index (χ0v) is 8.38. The van der Waals surface area contributed by atoms with Crippen LogP contribution in [0.25, 0.3) is 0 Å². The Hall–Kier alpha value is -0.820. The van der Waals surface area contributed by atoms with Gasteiger partial charge in [0, 0.05) is 5.54 Å². The quantitative estimate of drug-likeness (QED) is 0.744. The van der Waals surface area contributed by atoms with Gasteiger partial charge in [0.1, 0.15) is 0 Å². The molecule has 0 radical (unpaired) electrons. The molecule has 1 atom stereocenters. The molecule has 13 heavy (non-hydrogen) atoms. The van der Waals surface area contributed by atoms with Crippen LogP contribution in [0.2, 0.25) is 0 Å². The van der Waals surface area contributed by atoms with E-state index in [0.717, 1.165) is 0 Å². The molecule has 0 heterocycles. The lowest BCUT2D eigenvalue weighted by Gasteiger charge is -2.23. The lowest BCUT2D eigenvalue weighted by molar-refractivity contribution is 0.469. The first kappa shape index (κ1) is 8.76. The van der Waals surface area contributed by atoms with Gasteiger partial charge in [-0.25, -0.2) is 0 Å². The molecule has 1 nitrogen and oxygen atoms in total. The fraction of sp³-hybridized carbons (Fsp3) is 0.500. The van der Waals surface area contributed by atoms with Crippen molar-refractivity contribution in [3.63, 3.8) is 0 Å². The maximum Gasteiger partial charge on any atom is 0.0245 e. The Morgan fingerprint density at radius 1 is 1.23 bits per heavy atom. The SMILES string of the molecule is CNC1(C(C)c2ccccc2)CC1. The largest absolute Gasteiger partial charge is 0.314 e. The van der Waals surface area contributed by atoms with Crippen LogP contribution in [0.3, 0.4) is 0 Å². The molecule has 1 aromatic rings. The molecule has 0 bridgehead atoms. The van der Waals surface area contributed by atoms with E-state index in [1.807, 2.05) is 0 Å². The van der Waals surface area contributed by atoms with Gasteiger partial charge in [0.15, 0.2) is 0 Å². The summed E-state index contributed by atoms with van der Waals surface area (Å²) in [5.74, 6) is 0.638. The van der Waals surface area contributed by atoms with Crippen molar-refractivity contribution in [1.29, 1.82) is 0 Å². The van der Waals surface area contributed by atoms with Gasteiger partial charge in [-0.1, -0.05) is 37.3 Å². The minimum atomic E-state index is 0.404. The molecular formula is C12H17N. The molecule has 1 fully saturated rings. The smallest absolute Gasteiger partial charge is 0.0245 e. The summed E-state index contributed by atoms with van der Waals surface area (Å²) in [5.41, 5.74) is 1.86. The van der Waals surface area contributed by atoms with Gasteiger partial charge in [-0.3, -0.25) is 0 Å². The third kappa shape index (κ3) is 1.49. The Labute approximate surface area is 80.2 Å². The molecule has 1 N–H and O–H groups in total. The highest BCUT2D eigenvalue weighted by molar-refractivity contribution is 5.26. The van der Waals surface area contributed by atoms with E-state index in [2.05, 4.69) is 49.6 Å².